The molecule has 112 valence electrons. The van der Waals surface area contributed by atoms with Crippen LogP contribution in [0.15, 0.2) is 0 Å². The second-order valence-corrected chi connectivity index (χ2v) is 6.38. The van der Waals surface area contributed by atoms with Gasteiger partial charge in [0.15, 0.2) is 0 Å². The van der Waals surface area contributed by atoms with E-state index >= 15 is 0 Å². The van der Waals surface area contributed by atoms with E-state index in [0.29, 0.717) is 25.0 Å². The molecule has 0 aromatic carbocycles. The van der Waals surface area contributed by atoms with E-state index in [1.165, 1.54) is 30.6 Å². The zero-order valence-corrected chi connectivity index (χ0v) is 12.1. The van der Waals surface area contributed by atoms with Gasteiger partial charge in [-0.15, -0.1) is 0 Å². The molecule has 5 nitrogen and oxygen atoms in total. The fourth-order valence-electron chi connectivity index (χ4n) is 3.76. The minimum Gasteiger partial charge on any atom is -0.317 e. The van der Waals surface area contributed by atoms with Crippen LogP contribution in [0, 0.1) is 5.92 Å². The number of piperidine rings is 1. The van der Waals surface area contributed by atoms with Gasteiger partial charge in [-0.3, -0.25) is 9.69 Å². The van der Waals surface area contributed by atoms with Gasteiger partial charge in [0.1, 0.15) is 6.54 Å². The first-order valence-corrected chi connectivity index (χ1v) is 8.07. The third-order valence-corrected chi connectivity index (χ3v) is 5.07. The van der Waals surface area contributed by atoms with Crippen LogP contribution in [0.25, 0.3) is 0 Å². The highest BCUT2D eigenvalue weighted by Crippen LogP contribution is 2.27. The summed E-state index contributed by atoms with van der Waals surface area (Å²) in [4.78, 5) is 27.8. The first-order chi connectivity index (χ1) is 9.75. The van der Waals surface area contributed by atoms with Crippen LogP contribution in [0.2, 0.25) is 0 Å². The van der Waals surface area contributed by atoms with Gasteiger partial charge in [0, 0.05) is 12.6 Å². The average Bonchev–Trinajstić information content (AvgIpc) is 3.07. The van der Waals surface area contributed by atoms with Crippen LogP contribution in [-0.4, -0.2) is 54.0 Å². The van der Waals surface area contributed by atoms with Gasteiger partial charge in [-0.25, -0.2) is 4.79 Å². The van der Waals surface area contributed by atoms with Crippen molar-refractivity contribution in [1.82, 2.24) is 15.1 Å². The Balaban J connectivity index is 1.53. The third-order valence-electron chi connectivity index (χ3n) is 5.07. The summed E-state index contributed by atoms with van der Waals surface area (Å²) in [6.07, 6.45) is 7.83. The average molecular weight is 279 g/mol. The van der Waals surface area contributed by atoms with Gasteiger partial charge in [0.25, 0.3) is 0 Å². The Kier molecular flexibility index (Phi) is 4.24. The second-order valence-electron chi connectivity index (χ2n) is 6.38. The molecule has 3 fully saturated rings. The number of nitrogens with one attached hydrogen (secondary N) is 1. The number of urea groups is 1. The number of imide groups is 1. The molecule has 0 radical (unpaired) electrons. The van der Waals surface area contributed by atoms with Gasteiger partial charge in [-0.05, 0) is 51.1 Å². The number of rotatable bonds is 4. The monoisotopic (exact) mass is 279 g/mol. The number of carbonyl (C=O) groups excluding carboxylic acids is 2. The Labute approximate surface area is 120 Å². The molecule has 0 atom stereocenters. The van der Waals surface area contributed by atoms with Crippen molar-refractivity contribution in [2.75, 3.05) is 26.2 Å². The number of nitrogens with zero attached hydrogens (tertiary/aromatic N) is 2. The molecule has 1 aliphatic carbocycles. The summed E-state index contributed by atoms with van der Waals surface area (Å²) < 4.78 is 0. The molecule has 20 heavy (non-hydrogen) atoms. The highest BCUT2D eigenvalue weighted by molar-refractivity contribution is 6.02. The first-order valence-electron chi connectivity index (χ1n) is 8.07. The van der Waals surface area contributed by atoms with Crippen LogP contribution in [0.3, 0.4) is 0 Å². The molecule has 0 aromatic rings. The van der Waals surface area contributed by atoms with Crippen molar-refractivity contribution in [1.29, 1.82) is 0 Å². The van der Waals surface area contributed by atoms with Crippen molar-refractivity contribution in [3.05, 3.63) is 0 Å². The first kappa shape index (κ1) is 13.9. The normalized spacial score (nSPS) is 26.0. The smallest absolute Gasteiger partial charge is 0.317 e. The summed E-state index contributed by atoms with van der Waals surface area (Å²) in [5, 5.41) is 3.35. The molecule has 1 saturated carbocycles. The van der Waals surface area contributed by atoms with E-state index in [1.807, 2.05) is 4.90 Å². The van der Waals surface area contributed by atoms with Crippen LogP contribution >= 0.6 is 0 Å². The molecular formula is C15H25N3O2. The lowest BCUT2D eigenvalue weighted by molar-refractivity contribution is -0.125. The minimum atomic E-state index is -0.0316. The molecule has 5 heteroatoms. The maximum atomic E-state index is 12.4. The van der Waals surface area contributed by atoms with Crippen LogP contribution in [-0.2, 0) is 4.79 Å². The molecule has 0 bridgehead atoms. The van der Waals surface area contributed by atoms with E-state index in [4.69, 9.17) is 0 Å². The van der Waals surface area contributed by atoms with Crippen molar-refractivity contribution in [3.8, 4) is 0 Å². The predicted octanol–water partition coefficient (Wildman–Crippen LogP) is 1.58. The molecule has 0 unspecified atom stereocenters. The Hall–Kier alpha value is -1.10. The van der Waals surface area contributed by atoms with Crippen molar-refractivity contribution in [2.24, 2.45) is 5.92 Å². The second kappa shape index (κ2) is 6.12. The highest BCUT2D eigenvalue weighted by atomic mass is 16.2. The lowest BCUT2D eigenvalue weighted by Crippen LogP contribution is -2.39. The Morgan fingerprint density at radius 2 is 1.75 bits per heavy atom. The van der Waals surface area contributed by atoms with Crippen LogP contribution in [0.4, 0.5) is 4.79 Å². The third kappa shape index (κ3) is 2.82. The van der Waals surface area contributed by atoms with Crippen molar-refractivity contribution in [2.45, 2.75) is 51.0 Å². The molecular weight excluding hydrogens is 254 g/mol. The highest BCUT2D eigenvalue weighted by Gasteiger charge is 2.40. The fraction of sp³-hybridized carbons (Fsp3) is 0.867. The Morgan fingerprint density at radius 1 is 1.05 bits per heavy atom. The number of carbonyl (C=O) groups is 2. The molecule has 3 rings (SSSR count). The quantitative estimate of drug-likeness (QED) is 0.795. The molecule has 3 aliphatic rings. The maximum Gasteiger partial charge on any atom is 0.327 e. The summed E-state index contributed by atoms with van der Waals surface area (Å²) in [6.45, 7) is 3.07. The van der Waals surface area contributed by atoms with Crippen molar-refractivity contribution < 1.29 is 9.59 Å². The topological polar surface area (TPSA) is 52.7 Å². The molecule has 0 aromatic heterocycles. The molecule has 3 amide bonds. The van der Waals surface area contributed by atoms with E-state index < -0.39 is 0 Å². The van der Waals surface area contributed by atoms with Gasteiger partial charge in [0.2, 0.25) is 5.91 Å². The van der Waals surface area contributed by atoms with E-state index in [1.54, 1.807) is 0 Å². The van der Waals surface area contributed by atoms with Crippen LogP contribution < -0.4 is 5.32 Å². The summed E-state index contributed by atoms with van der Waals surface area (Å²) in [5.41, 5.74) is 0. The van der Waals surface area contributed by atoms with E-state index in [9.17, 15) is 9.59 Å². The zero-order chi connectivity index (χ0) is 13.9. The van der Waals surface area contributed by atoms with Gasteiger partial charge in [-0.1, -0.05) is 12.8 Å². The van der Waals surface area contributed by atoms with Gasteiger partial charge < -0.3 is 10.2 Å². The largest absolute Gasteiger partial charge is 0.327 e. The van der Waals surface area contributed by atoms with Crippen LogP contribution in [0.5, 0.6) is 0 Å². The predicted molar refractivity (Wildman–Crippen MR) is 76.3 cm³/mol. The lowest BCUT2D eigenvalue weighted by atomic mass is 9.94. The zero-order valence-electron chi connectivity index (χ0n) is 12.1. The van der Waals surface area contributed by atoms with Crippen LogP contribution in [0.1, 0.15) is 44.9 Å². The van der Waals surface area contributed by atoms with Gasteiger partial charge >= 0.3 is 6.03 Å². The van der Waals surface area contributed by atoms with Crippen molar-refractivity contribution in [3.63, 3.8) is 0 Å². The fourth-order valence-corrected chi connectivity index (χ4v) is 3.76. The SMILES string of the molecule is O=C1CN(C2CCCC2)C(=O)N1CCC1CCNCC1. The number of amides is 3. The summed E-state index contributed by atoms with van der Waals surface area (Å²) in [6, 6.07) is 0.283. The summed E-state index contributed by atoms with van der Waals surface area (Å²) in [5.74, 6) is 0.674. The van der Waals surface area contributed by atoms with E-state index in [2.05, 4.69) is 5.32 Å². The number of hydrogen-bond acceptors (Lipinski definition) is 3. The summed E-state index contributed by atoms with van der Waals surface area (Å²) >= 11 is 0. The molecule has 2 aliphatic heterocycles. The van der Waals surface area contributed by atoms with E-state index in [-0.39, 0.29) is 11.9 Å². The van der Waals surface area contributed by atoms with Gasteiger partial charge in [0.05, 0.1) is 0 Å². The lowest BCUT2D eigenvalue weighted by Gasteiger charge is -2.25. The van der Waals surface area contributed by atoms with Crippen molar-refractivity contribution >= 4 is 11.9 Å². The molecule has 2 saturated heterocycles. The molecule has 2 heterocycles. The summed E-state index contributed by atoms with van der Waals surface area (Å²) in [7, 11) is 0. The standard InChI is InChI=1S/C15H25N3O2/c19-14-11-18(13-3-1-2-4-13)15(20)17(14)10-7-12-5-8-16-9-6-12/h12-13,16H,1-11H2. The molecule has 0 spiro atoms. The Morgan fingerprint density at radius 3 is 2.45 bits per heavy atom. The maximum absolute atomic E-state index is 12.4. The number of hydrogen-bond donors (Lipinski definition) is 1. The minimum absolute atomic E-state index is 0.0100. The van der Waals surface area contributed by atoms with E-state index in [0.717, 1.165) is 32.4 Å². The Bertz CT molecular complexity index is 373. The molecule has 1 N–H and O–H groups in total. The van der Waals surface area contributed by atoms with Gasteiger partial charge in [-0.2, -0.15) is 0 Å².